The van der Waals surface area contributed by atoms with Crippen LogP contribution in [0.5, 0.6) is 0 Å². The summed E-state index contributed by atoms with van der Waals surface area (Å²) in [6.45, 7) is 2.88. The number of benzene rings is 1. The second-order valence-electron chi connectivity index (χ2n) is 4.41. The Morgan fingerprint density at radius 2 is 1.95 bits per heavy atom. The van der Waals surface area contributed by atoms with E-state index in [0.717, 1.165) is 27.4 Å². The maximum atomic E-state index is 4.50. The molecule has 0 spiro atoms. The first kappa shape index (κ1) is 13.8. The Kier molecular flexibility index (Phi) is 4.19. The van der Waals surface area contributed by atoms with Crippen LogP contribution in [0.25, 0.3) is 11.3 Å². The van der Waals surface area contributed by atoms with Gasteiger partial charge in [-0.3, -0.25) is 0 Å². The average Bonchev–Trinajstić information content (AvgIpc) is 3.06. The van der Waals surface area contributed by atoms with Crippen molar-refractivity contribution in [2.75, 3.05) is 5.32 Å². The number of rotatable bonds is 4. The number of hydrogen-bond donors (Lipinski definition) is 1. The normalized spacial score (nSPS) is 10.7. The first-order chi connectivity index (χ1) is 9.70. The van der Waals surface area contributed by atoms with E-state index in [2.05, 4.69) is 67.3 Å². The fourth-order valence-corrected chi connectivity index (χ4v) is 3.90. The smallest absolute Gasteiger partial charge is 0.0901 e. The number of halogens is 1. The predicted molar refractivity (Wildman–Crippen MR) is 91.6 cm³/mol. The molecule has 2 nitrogen and oxygen atoms in total. The Hall–Kier alpha value is -1.17. The van der Waals surface area contributed by atoms with E-state index in [1.54, 1.807) is 22.7 Å². The number of nitrogens with zero attached hydrogens (tertiary/aromatic N) is 1. The fourth-order valence-electron chi connectivity index (χ4n) is 1.89. The summed E-state index contributed by atoms with van der Waals surface area (Å²) in [5, 5.41) is 8.73. The molecule has 0 aliphatic rings. The molecule has 0 saturated carbocycles. The second-order valence-corrected chi connectivity index (χ2v) is 7.39. The van der Waals surface area contributed by atoms with Crippen molar-refractivity contribution in [3.63, 3.8) is 0 Å². The predicted octanol–water partition coefficient (Wildman–Crippen LogP) is 5.55. The van der Waals surface area contributed by atoms with Crippen molar-refractivity contribution in [1.82, 2.24) is 4.98 Å². The highest BCUT2D eigenvalue weighted by molar-refractivity contribution is 9.10. The van der Waals surface area contributed by atoms with Crippen LogP contribution in [0, 0.1) is 6.92 Å². The van der Waals surface area contributed by atoms with Gasteiger partial charge in [0, 0.05) is 37.9 Å². The maximum absolute atomic E-state index is 4.50. The summed E-state index contributed by atoms with van der Waals surface area (Å²) in [7, 11) is 0. The van der Waals surface area contributed by atoms with Crippen LogP contribution >= 0.6 is 38.6 Å². The van der Waals surface area contributed by atoms with E-state index in [4.69, 9.17) is 0 Å². The standard InChI is InChI=1S/C15H13BrN2S2/c1-10-18-15(9-19-10)11-2-4-13(5-3-11)17-7-14-6-12(16)8-20-14/h2-6,8-9,17H,7H2,1H3. The van der Waals surface area contributed by atoms with Crippen molar-refractivity contribution in [2.45, 2.75) is 13.5 Å². The van der Waals surface area contributed by atoms with Gasteiger partial charge in [0.15, 0.2) is 0 Å². The molecule has 3 aromatic rings. The van der Waals surface area contributed by atoms with Gasteiger partial charge in [-0.2, -0.15) is 0 Å². The molecule has 0 amide bonds. The SMILES string of the molecule is Cc1nc(-c2ccc(NCc3cc(Br)cs3)cc2)cs1. The lowest BCUT2D eigenvalue weighted by Gasteiger charge is -2.05. The zero-order chi connectivity index (χ0) is 13.9. The lowest BCUT2D eigenvalue weighted by molar-refractivity contribution is 1.19. The molecule has 0 unspecified atom stereocenters. The molecular formula is C15H13BrN2S2. The number of thiophene rings is 1. The van der Waals surface area contributed by atoms with Crippen molar-refractivity contribution in [3.05, 3.63) is 55.4 Å². The van der Waals surface area contributed by atoms with Gasteiger partial charge >= 0.3 is 0 Å². The van der Waals surface area contributed by atoms with E-state index in [0.29, 0.717) is 0 Å². The van der Waals surface area contributed by atoms with Gasteiger partial charge in [0.1, 0.15) is 0 Å². The van der Waals surface area contributed by atoms with E-state index in [-0.39, 0.29) is 0 Å². The Morgan fingerprint density at radius 3 is 2.55 bits per heavy atom. The third kappa shape index (κ3) is 3.29. The van der Waals surface area contributed by atoms with Crippen molar-refractivity contribution < 1.29 is 0 Å². The molecular weight excluding hydrogens is 352 g/mol. The molecule has 0 atom stereocenters. The van der Waals surface area contributed by atoms with Gasteiger partial charge in [-0.25, -0.2) is 4.98 Å². The summed E-state index contributed by atoms with van der Waals surface area (Å²) < 4.78 is 1.15. The Bertz CT molecular complexity index is 701. The zero-order valence-electron chi connectivity index (χ0n) is 10.9. The average molecular weight is 365 g/mol. The van der Waals surface area contributed by atoms with Crippen LogP contribution in [-0.4, -0.2) is 4.98 Å². The summed E-state index contributed by atoms with van der Waals surface area (Å²) in [6.07, 6.45) is 0. The monoisotopic (exact) mass is 364 g/mol. The summed E-state index contributed by atoms with van der Waals surface area (Å²) in [5.41, 5.74) is 3.35. The molecule has 2 aromatic heterocycles. The van der Waals surface area contributed by atoms with Crippen molar-refractivity contribution in [3.8, 4) is 11.3 Å². The third-order valence-corrected chi connectivity index (χ3v) is 5.36. The van der Waals surface area contributed by atoms with E-state index >= 15 is 0 Å². The van der Waals surface area contributed by atoms with E-state index < -0.39 is 0 Å². The third-order valence-electron chi connectivity index (χ3n) is 2.89. The number of anilines is 1. The van der Waals surface area contributed by atoms with Crippen LogP contribution in [0.3, 0.4) is 0 Å². The molecule has 102 valence electrons. The van der Waals surface area contributed by atoms with Gasteiger partial charge in [-0.1, -0.05) is 12.1 Å². The lowest BCUT2D eigenvalue weighted by atomic mass is 10.1. The van der Waals surface area contributed by atoms with Crippen LogP contribution in [0.1, 0.15) is 9.88 Å². The summed E-state index contributed by atoms with van der Waals surface area (Å²) in [6, 6.07) is 10.6. The van der Waals surface area contributed by atoms with Crippen molar-refractivity contribution >= 4 is 44.3 Å². The molecule has 1 N–H and O–H groups in total. The minimum Gasteiger partial charge on any atom is -0.380 e. The minimum absolute atomic E-state index is 0.853. The highest BCUT2D eigenvalue weighted by Crippen LogP contribution is 2.24. The molecule has 0 aliphatic carbocycles. The first-order valence-corrected chi connectivity index (χ1v) is 8.75. The van der Waals surface area contributed by atoms with Crippen LogP contribution in [0.15, 0.2) is 45.6 Å². The van der Waals surface area contributed by atoms with Gasteiger partial charge in [0.05, 0.1) is 10.7 Å². The minimum atomic E-state index is 0.853. The number of thiazole rings is 1. The largest absolute Gasteiger partial charge is 0.380 e. The Morgan fingerprint density at radius 1 is 1.15 bits per heavy atom. The Labute approximate surface area is 134 Å². The van der Waals surface area contributed by atoms with E-state index in [9.17, 15) is 0 Å². The van der Waals surface area contributed by atoms with Crippen LogP contribution < -0.4 is 5.32 Å². The number of hydrogen-bond acceptors (Lipinski definition) is 4. The van der Waals surface area contributed by atoms with E-state index in [1.165, 1.54) is 10.4 Å². The molecule has 0 aliphatic heterocycles. The zero-order valence-corrected chi connectivity index (χ0v) is 14.1. The fraction of sp³-hybridized carbons (Fsp3) is 0.133. The van der Waals surface area contributed by atoms with Gasteiger partial charge < -0.3 is 5.32 Å². The van der Waals surface area contributed by atoms with Gasteiger partial charge in [-0.15, -0.1) is 22.7 Å². The van der Waals surface area contributed by atoms with Crippen molar-refractivity contribution in [2.24, 2.45) is 0 Å². The molecule has 0 radical (unpaired) electrons. The molecule has 0 bridgehead atoms. The lowest BCUT2D eigenvalue weighted by Crippen LogP contribution is -1.96. The first-order valence-electron chi connectivity index (χ1n) is 6.20. The highest BCUT2D eigenvalue weighted by atomic mass is 79.9. The molecule has 20 heavy (non-hydrogen) atoms. The van der Waals surface area contributed by atoms with Crippen LogP contribution in [0.4, 0.5) is 5.69 Å². The second kappa shape index (κ2) is 6.08. The number of aromatic nitrogens is 1. The Balaban J connectivity index is 1.67. The van der Waals surface area contributed by atoms with Crippen LogP contribution in [-0.2, 0) is 6.54 Å². The van der Waals surface area contributed by atoms with Gasteiger partial charge in [0.2, 0.25) is 0 Å². The summed E-state index contributed by atoms with van der Waals surface area (Å²) in [4.78, 5) is 5.82. The van der Waals surface area contributed by atoms with Crippen LogP contribution in [0.2, 0.25) is 0 Å². The summed E-state index contributed by atoms with van der Waals surface area (Å²) >= 11 is 6.91. The quantitative estimate of drug-likeness (QED) is 0.655. The maximum Gasteiger partial charge on any atom is 0.0901 e. The number of nitrogens with one attached hydrogen (secondary N) is 1. The topological polar surface area (TPSA) is 24.9 Å². The highest BCUT2D eigenvalue weighted by Gasteiger charge is 2.02. The molecule has 3 rings (SSSR count). The van der Waals surface area contributed by atoms with Gasteiger partial charge in [0.25, 0.3) is 0 Å². The number of aryl methyl sites for hydroxylation is 1. The molecule has 0 fully saturated rings. The molecule has 0 saturated heterocycles. The van der Waals surface area contributed by atoms with Crippen molar-refractivity contribution in [1.29, 1.82) is 0 Å². The van der Waals surface area contributed by atoms with E-state index in [1.807, 2.05) is 6.92 Å². The molecule has 2 heterocycles. The van der Waals surface area contributed by atoms with Gasteiger partial charge in [-0.05, 0) is 41.1 Å². The summed E-state index contributed by atoms with van der Waals surface area (Å²) in [5.74, 6) is 0. The molecule has 5 heteroatoms. The molecule has 1 aromatic carbocycles.